The third-order valence-corrected chi connectivity index (χ3v) is 2.17. The van der Waals surface area contributed by atoms with Crippen molar-refractivity contribution >= 4 is 12.0 Å². The van der Waals surface area contributed by atoms with Crippen molar-refractivity contribution in [3.8, 4) is 0 Å². The molecule has 0 saturated carbocycles. The number of halogens is 2. The van der Waals surface area contributed by atoms with Crippen molar-refractivity contribution in [3.05, 3.63) is 35.1 Å². The number of hydrogen-bond donors (Lipinski definition) is 0. The van der Waals surface area contributed by atoms with Gasteiger partial charge in [-0.15, -0.1) is 0 Å². The van der Waals surface area contributed by atoms with Crippen molar-refractivity contribution in [2.45, 2.75) is 13.3 Å². The summed E-state index contributed by atoms with van der Waals surface area (Å²) in [5.74, 6) is -1.17. The maximum atomic E-state index is 13.4. The molecule has 4 nitrogen and oxygen atoms in total. The molecule has 0 bridgehead atoms. The van der Waals surface area contributed by atoms with Gasteiger partial charge in [-0.25, -0.2) is 4.39 Å². The molecule has 0 amide bonds. The zero-order chi connectivity index (χ0) is 13.5. The molecular weight excluding hydrogens is 246 g/mol. The number of ether oxygens (including phenoxy) is 2. The van der Waals surface area contributed by atoms with Gasteiger partial charge in [0.15, 0.2) is 6.79 Å². The standard InChI is InChI=1S/C12H12F2O4/c1-8(15)18-7-17-6-5-9-10(12(14)16)3-2-4-11(9)13/h2-4H,5-7H2,1H3. The highest BCUT2D eigenvalue weighted by atomic mass is 19.1. The first-order chi connectivity index (χ1) is 8.52. The second kappa shape index (κ2) is 6.80. The Bertz CT molecular complexity index is 446. The molecule has 0 heterocycles. The largest absolute Gasteiger partial charge is 0.439 e. The van der Waals surface area contributed by atoms with Crippen LogP contribution in [0.2, 0.25) is 0 Å². The van der Waals surface area contributed by atoms with Crippen molar-refractivity contribution < 1.29 is 27.8 Å². The Morgan fingerprint density at radius 1 is 1.33 bits per heavy atom. The third kappa shape index (κ3) is 4.21. The van der Waals surface area contributed by atoms with Gasteiger partial charge in [0.25, 0.3) is 0 Å². The Hall–Kier alpha value is -1.82. The van der Waals surface area contributed by atoms with Gasteiger partial charge in [0.1, 0.15) is 5.82 Å². The number of hydrogen-bond acceptors (Lipinski definition) is 4. The third-order valence-electron chi connectivity index (χ3n) is 2.17. The first-order valence-corrected chi connectivity index (χ1v) is 5.20. The highest BCUT2D eigenvalue weighted by Gasteiger charge is 2.14. The summed E-state index contributed by atoms with van der Waals surface area (Å²) >= 11 is 0. The van der Waals surface area contributed by atoms with Gasteiger partial charge in [-0.3, -0.25) is 9.59 Å². The molecule has 0 radical (unpaired) electrons. The number of esters is 1. The van der Waals surface area contributed by atoms with E-state index in [1.165, 1.54) is 19.1 Å². The van der Waals surface area contributed by atoms with E-state index < -0.39 is 17.8 Å². The van der Waals surface area contributed by atoms with Crippen LogP contribution in [0.5, 0.6) is 0 Å². The summed E-state index contributed by atoms with van der Waals surface area (Å²) < 4.78 is 35.4. The molecule has 0 aliphatic carbocycles. The van der Waals surface area contributed by atoms with Crippen LogP contribution in [-0.2, 0) is 20.7 Å². The minimum atomic E-state index is -1.69. The van der Waals surface area contributed by atoms with E-state index in [-0.39, 0.29) is 30.9 Å². The van der Waals surface area contributed by atoms with Crippen LogP contribution in [0.3, 0.4) is 0 Å². The number of benzene rings is 1. The molecule has 0 saturated heterocycles. The van der Waals surface area contributed by atoms with E-state index in [0.717, 1.165) is 6.07 Å². The molecule has 6 heteroatoms. The van der Waals surface area contributed by atoms with E-state index in [1.807, 2.05) is 0 Å². The fourth-order valence-corrected chi connectivity index (χ4v) is 1.35. The minimum absolute atomic E-state index is 0.00843. The van der Waals surface area contributed by atoms with E-state index in [2.05, 4.69) is 4.74 Å². The predicted molar refractivity (Wildman–Crippen MR) is 58.1 cm³/mol. The second-order valence-electron chi connectivity index (χ2n) is 3.45. The molecular formula is C12H12F2O4. The molecule has 0 N–H and O–H groups in total. The van der Waals surface area contributed by atoms with Crippen molar-refractivity contribution in [3.63, 3.8) is 0 Å². The molecule has 0 aliphatic rings. The summed E-state index contributed by atoms with van der Waals surface area (Å²) in [5, 5.41) is 0. The lowest BCUT2D eigenvalue weighted by atomic mass is 10.0. The van der Waals surface area contributed by atoms with Gasteiger partial charge < -0.3 is 9.47 Å². The monoisotopic (exact) mass is 258 g/mol. The Kier molecular flexibility index (Phi) is 5.38. The van der Waals surface area contributed by atoms with E-state index in [1.54, 1.807) is 0 Å². The first kappa shape index (κ1) is 14.2. The number of carbonyl (C=O) groups excluding carboxylic acids is 2. The van der Waals surface area contributed by atoms with Crippen LogP contribution >= 0.6 is 0 Å². The highest BCUT2D eigenvalue weighted by molar-refractivity contribution is 5.90. The number of carbonyl (C=O) groups is 2. The van der Waals surface area contributed by atoms with Crippen molar-refractivity contribution in [2.75, 3.05) is 13.4 Å². The Balaban J connectivity index is 2.56. The molecule has 0 fully saturated rings. The zero-order valence-corrected chi connectivity index (χ0v) is 9.74. The molecule has 1 aromatic rings. The SMILES string of the molecule is CC(=O)OCOCCc1c(F)cccc1C(=O)F. The summed E-state index contributed by atoms with van der Waals surface area (Å²) in [4.78, 5) is 21.1. The zero-order valence-electron chi connectivity index (χ0n) is 9.74. The second-order valence-corrected chi connectivity index (χ2v) is 3.45. The van der Waals surface area contributed by atoms with Crippen molar-refractivity contribution in [2.24, 2.45) is 0 Å². The first-order valence-electron chi connectivity index (χ1n) is 5.20. The van der Waals surface area contributed by atoms with Gasteiger partial charge >= 0.3 is 12.0 Å². The van der Waals surface area contributed by atoms with Crippen LogP contribution in [0.15, 0.2) is 18.2 Å². The summed E-state index contributed by atoms with van der Waals surface area (Å²) in [6.07, 6.45) is 0.0128. The average molecular weight is 258 g/mol. The predicted octanol–water partition coefficient (Wildman–Crippen LogP) is 2.02. The highest BCUT2D eigenvalue weighted by Crippen LogP contribution is 2.15. The molecule has 0 aromatic heterocycles. The van der Waals surface area contributed by atoms with Crippen molar-refractivity contribution in [1.29, 1.82) is 0 Å². The minimum Gasteiger partial charge on any atom is -0.439 e. The lowest BCUT2D eigenvalue weighted by Crippen LogP contribution is -2.09. The van der Waals surface area contributed by atoms with Crippen LogP contribution in [-0.4, -0.2) is 25.4 Å². The van der Waals surface area contributed by atoms with Gasteiger partial charge in [-0.2, -0.15) is 4.39 Å². The molecule has 0 unspecified atom stereocenters. The van der Waals surface area contributed by atoms with Gasteiger partial charge in [0.2, 0.25) is 0 Å². The molecule has 98 valence electrons. The summed E-state index contributed by atoms with van der Waals surface area (Å²) in [6, 6.07) is 1.90. The van der Waals surface area contributed by atoms with E-state index in [9.17, 15) is 18.4 Å². The summed E-state index contributed by atoms with van der Waals surface area (Å²) in [5.41, 5.74) is -0.362. The maximum absolute atomic E-state index is 13.4. The molecule has 1 aromatic carbocycles. The molecule has 0 atom stereocenters. The van der Waals surface area contributed by atoms with E-state index in [4.69, 9.17) is 4.74 Å². The summed E-state index contributed by atoms with van der Waals surface area (Å²) in [6.45, 7) is 0.970. The molecule has 0 spiro atoms. The molecule has 18 heavy (non-hydrogen) atoms. The molecule has 0 aliphatic heterocycles. The van der Waals surface area contributed by atoms with Gasteiger partial charge in [-0.1, -0.05) is 6.07 Å². The van der Waals surface area contributed by atoms with E-state index >= 15 is 0 Å². The van der Waals surface area contributed by atoms with Crippen LogP contribution in [0.4, 0.5) is 8.78 Å². The fraction of sp³-hybridized carbons (Fsp3) is 0.333. The van der Waals surface area contributed by atoms with Gasteiger partial charge in [-0.05, 0) is 18.6 Å². The molecule has 1 rings (SSSR count). The maximum Gasteiger partial charge on any atom is 0.332 e. The van der Waals surface area contributed by atoms with Crippen molar-refractivity contribution in [1.82, 2.24) is 0 Å². The Morgan fingerprint density at radius 2 is 2.06 bits per heavy atom. The average Bonchev–Trinajstić information content (AvgIpc) is 2.29. The number of rotatable bonds is 6. The fourth-order valence-electron chi connectivity index (χ4n) is 1.35. The van der Waals surface area contributed by atoms with E-state index in [0.29, 0.717) is 0 Å². The van der Waals surface area contributed by atoms with Crippen LogP contribution in [0.1, 0.15) is 22.8 Å². The normalized spacial score (nSPS) is 10.2. The van der Waals surface area contributed by atoms with Crippen LogP contribution < -0.4 is 0 Å². The van der Waals surface area contributed by atoms with Gasteiger partial charge in [0, 0.05) is 12.5 Å². The summed E-state index contributed by atoms with van der Waals surface area (Å²) in [7, 11) is 0. The lowest BCUT2D eigenvalue weighted by molar-refractivity contribution is -0.153. The van der Waals surface area contributed by atoms with Gasteiger partial charge in [0.05, 0.1) is 12.2 Å². The smallest absolute Gasteiger partial charge is 0.332 e. The Morgan fingerprint density at radius 3 is 2.67 bits per heavy atom. The quantitative estimate of drug-likeness (QED) is 0.339. The van der Waals surface area contributed by atoms with Crippen LogP contribution in [0, 0.1) is 5.82 Å². The van der Waals surface area contributed by atoms with Crippen LogP contribution in [0.25, 0.3) is 0 Å². The Labute approximate surface area is 103 Å². The lowest BCUT2D eigenvalue weighted by Gasteiger charge is -2.07. The topological polar surface area (TPSA) is 52.6 Å².